The second-order valence-electron chi connectivity index (χ2n) is 9.21. The molecule has 186 valence electrons. The molecule has 4 atom stereocenters. The van der Waals surface area contributed by atoms with Gasteiger partial charge in [-0.05, 0) is 17.2 Å². The lowest BCUT2D eigenvalue weighted by Gasteiger charge is -2.29. The standard InChI is InChI=1S/C27H29N5O4/c33-27(32-12-14-34-15-13-32)31-23-17-36-24-22(16-35-25(23)24)30-26-28-11-10-21(29-26)20-8-6-19(7-9-20)18-4-2-1-3-5-18/h1-11,22-25H,12-17H2,(H,31,33)(H,28,29,30)/t22-,23+,24-,25+/m1/s1. The topological polar surface area (TPSA) is 97.8 Å². The van der Waals surface area contributed by atoms with E-state index in [9.17, 15) is 4.79 Å². The minimum Gasteiger partial charge on any atom is -0.378 e. The molecule has 1 aromatic heterocycles. The molecule has 3 saturated heterocycles. The van der Waals surface area contributed by atoms with E-state index in [2.05, 4.69) is 52.0 Å². The number of benzene rings is 2. The van der Waals surface area contributed by atoms with E-state index in [1.165, 1.54) is 5.56 Å². The molecule has 0 unspecified atom stereocenters. The largest absolute Gasteiger partial charge is 0.378 e. The summed E-state index contributed by atoms with van der Waals surface area (Å²) in [5.74, 6) is 0.526. The van der Waals surface area contributed by atoms with E-state index >= 15 is 0 Å². The van der Waals surface area contributed by atoms with Crippen molar-refractivity contribution in [3.8, 4) is 22.4 Å². The van der Waals surface area contributed by atoms with E-state index in [1.54, 1.807) is 11.1 Å². The molecule has 0 aliphatic carbocycles. The van der Waals surface area contributed by atoms with E-state index < -0.39 is 0 Å². The van der Waals surface area contributed by atoms with Gasteiger partial charge in [0.1, 0.15) is 12.2 Å². The van der Waals surface area contributed by atoms with Gasteiger partial charge in [0.15, 0.2) is 0 Å². The highest BCUT2D eigenvalue weighted by atomic mass is 16.6. The van der Waals surface area contributed by atoms with Gasteiger partial charge in [-0.25, -0.2) is 14.8 Å². The quantitative estimate of drug-likeness (QED) is 0.571. The third-order valence-corrected chi connectivity index (χ3v) is 6.92. The Hall–Kier alpha value is -3.53. The molecule has 0 spiro atoms. The lowest BCUT2D eigenvalue weighted by Crippen LogP contribution is -2.52. The number of urea groups is 1. The maximum absolute atomic E-state index is 12.6. The van der Waals surface area contributed by atoms with Crippen molar-refractivity contribution < 1.29 is 19.0 Å². The molecule has 4 heterocycles. The lowest BCUT2D eigenvalue weighted by molar-refractivity contribution is 0.0485. The monoisotopic (exact) mass is 487 g/mol. The Balaban J connectivity index is 1.09. The van der Waals surface area contributed by atoms with Gasteiger partial charge in [-0.2, -0.15) is 0 Å². The third kappa shape index (κ3) is 4.77. The van der Waals surface area contributed by atoms with Gasteiger partial charge in [0.05, 0.1) is 44.2 Å². The Morgan fingerprint density at radius 2 is 1.50 bits per heavy atom. The number of nitrogens with zero attached hydrogens (tertiary/aromatic N) is 3. The molecule has 2 aromatic carbocycles. The average molecular weight is 488 g/mol. The number of hydrogen-bond acceptors (Lipinski definition) is 7. The van der Waals surface area contributed by atoms with Crippen LogP contribution in [-0.4, -0.2) is 84.7 Å². The maximum Gasteiger partial charge on any atom is 0.317 e. The van der Waals surface area contributed by atoms with Crippen LogP contribution >= 0.6 is 0 Å². The minimum atomic E-state index is -0.207. The number of carbonyl (C=O) groups excluding carboxylic acids is 1. The van der Waals surface area contributed by atoms with Gasteiger partial charge in [-0.3, -0.25) is 0 Å². The summed E-state index contributed by atoms with van der Waals surface area (Å²) in [6, 6.07) is 20.2. The van der Waals surface area contributed by atoms with Crippen molar-refractivity contribution in [2.45, 2.75) is 24.3 Å². The molecule has 3 aliphatic heterocycles. The van der Waals surface area contributed by atoms with E-state index in [4.69, 9.17) is 19.2 Å². The Kier molecular flexibility index (Phi) is 6.50. The molecule has 3 aromatic rings. The molecule has 9 heteroatoms. The first-order valence-corrected chi connectivity index (χ1v) is 12.4. The first kappa shape index (κ1) is 22.9. The zero-order chi connectivity index (χ0) is 24.3. The number of amides is 2. The van der Waals surface area contributed by atoms with Crippen molar-refractivity contribution in [3.63, 3.8) is 0 Å². The summed E-state index contributed by atoms with van der Waals surface area (Å²) in [5, 5.41) is 6.46. The van der Waals surface area contributed by atoms with Crippen LogP contribution in [0.3, 0.4) is 0 Å². The van der Waals surface area contributed by atoms with Gasteiger partial charge in [0, 0.05) is 24.8 Å². The number of ether oxygens (including phenoxy) is 3. The Labute approximate surface area is 209 Å². The van der Waals surface area contributed by atoms with Gasteiger partial charge in [0.2, 0.25) is 5.95 Å². The number of fused-ring (bicyclic) bond motifs is 1. The number of hydrogen-bond donors (Lipinski definition) is 2. The van der Waals surface area contributed by atoms with Crippen LogP contribution in [0.2, 0.25) is 0 Å². The highest BCUT2D eigenvalue weighted by Crippen LogP contribution is 2.29. The van der Waals surface area contributed by atoms with Crippen molar-refractivity contribution in [1.29, 1.82) is 0 Å². The molecule has 0 radical (unpaired) electrons. The second kappa shape index (κ2) is 10.2. The van der Waals surface area contributed by atoms with E-state index in [1.807, 2.05) is 24.3 Å². The molecule has 2 N–H and O–H groups in total. The first-order valence-electron chi connectivity index (χ1n) is 12.4. The minimum absolute atomic E-state index is 0.0955. The average Bonchev–Trinajstić information content (AvgIpc) is 3.53. The molecule has 9 nitrogen and oxygen atoms in total. The smallest absolute Gasteiger partial charge is 0.317 e. The van der Waals surface area contributed by atoms with E-state index in [0.717, 1.165) is 16.8 Å². The molecule has 36 heavy (non-hydrogen) atoms. The van der Waals surface area contributed by atoms with Crippen molar-refractivity contribution in [3.05, 3.63) is 66.9 Å². The lowest BCUT2D eigenvalue weighted by atomic mass is 10.0. The first-order chi connectivity index (χ1) is 17.7. The highest BCUT2D eigenvalue weighted by molar-refractivity contribution is 5.75. The predicted octanol–water partition coefficient (Wildman–Crippen LogP) is 2.80. The maximum atomic E-state index is 12.6. The summed E-state index contributed by atoms with van der Waals surface area (Å²) < 4.78 is 17.4. The van der Waals surface area contributed by atoms with Gasteiger partial charge >= 0.3 is 6.03 Å². The molecular weight excluding hydrogens is 458 g/mol. The number of aromatic nitrogens is 2. The molecular formula is C27H29N5O4. The number of carbonyl (C=O) groups is 1. The van der Waals surface area contributed by atoms with Crippen molar-refractivity contribution >= 4 is 12.0 Å². The Bertz CT molecular complexity index is 1190. The van der Waals surface area contributed by atoms with Crippen molar-refractivity contribution in [2.24, 2.45) is 0 Å². The van der Waals surface area contributed by atoms with Crippen LogP contribution < -0.4 is 10.6 Å². The number of rotatable bonds is 5. The summed E-state index contributed by atoms with van der Waals surface area (Å²) in [6.07, 6.45) is 1.36. The van der Waals surface area contributed by atoms with Crippen LogP contribution in [0.25, 0.3) is 22.4 Å². The van der Waals surface area contributed by atoms with E-state index in [-0.39, 0.29) is 30.3 Å². The van der Waals surface area contributed by atoms with Gasteiger partial charge < -0.3 is 29.7 Å². The third-order valence-electron chi connectivity index (χ3n) is 6.92. The van der Waals surface area contributed by atoms with Crippen LogP contribution in [-0.2, 0) is 14.2 Å². The molecule has 3 fully saturated rings. The summed E-state index contributed by atoms with van der Waals surface area (Å²) in [5.41, 5.74) is 4.20. The summed E-state index contributed by atoms with van der Waals surface area (Å²) >= 11 is 0. The van der Waals surface area contributed by atoms with Crippen molar-refractivity contribution in [1.82, 2.24) is 20.2 Å². The zero-order valence-electron chi connectivity index (χ0n) is 19.9. The fourth-order valence-corrected chi connectivity index (χ4v) is 4.98. The Morgan fingerprint density at radius 1 is 0.833 bits per heavy atom. The molecule has 0 saturated carbocycles. The van der Waals surface area contributed by atoms with Crippen LogP contribution in [0, 0.1) is 0 Å². The normalized spacial score (nSPS) is 25.4. The summed E-state index contributed by atoms with van der Waals surface area (Å²) in [6.45, 7) is 3.21. The fraction of sp³-hybridized carbons (Fsp3) is 0.370. The zero-order valence-corrected chi connectivity index (χ0v) is 19.9. The number of anilines is 1. The SMILES string of the molecule is O=C(N[C@H]1CO[C@H]2[C@H]1OC[C@H]2Nc1nccc(-c2ccc(-c3ccccc3)cc2)n1)N1CCOCC1. The number of morpholine rings is 1. The van der Waals surface area contributed by atoms with E-state index in [0.29, 0.717) is 45.5 Å². The van der Waals surface area contributed by atoms with Crippen LogP contribution in [0.15, 0.2) is 66.9 Å². The van der Waals surface area contributed by atoms with Gasteiger partial charge in [-0.15, -0.1) is 0 Å². The van der Waals surface area contributed by atoms with Crippen LogP contribution in [0.5, 0.6) is 0 Å². The van der Waals surface area contributed by atoms with Crippen LogP contribution in [0.1, 0.15) is 0 Å². The molecule has 0 bridgehead atoms. The fourth-order valence-electron chi connectivity index (χ4n) is 4.98. The molecule has 3 aliphatic rings. The highest BCUT2D eigenvalue weighted by Gasteiger charge is 2.48. The van der Waals surface area contributed by atoms with Crippen molar-refractivity contribution in [2.75, 3.05) is 44.8 Å². The summed E-state index contributed by atoms with van der Waals surface area (Å²) in [4.78, 5) is 23.5. The van der Waals surface area contributed by atoms with Gasteiger partial charge in [0.25, 0.3) is 0 Å². The Morgan fingerprint density at radius 3 is 2.28 bits per heavy atom. The van der Waals surface area contributed by atoms with Crippen LogP contribution in [0.4, 0.5) is 10.7 Å². The van der Waals surface area contributed by atoms with Gasteiger partial charge in [-0.1, -0.05) is 54.6 Å². The summed E-state index contributed by atoms with van der Waals surface area (Å²) in [7, 11) is 0. The second-order valence-corrected chi connectivity index (χ2v) is 9.21. The number of nitrogens with one attached hydrogen (secondary N) is 2. The molecule has 2 amide bonds. The predicted molar refractivity (Wildman–Crippen MR) is 135 cm³/mol. The molecule has 6 rings (SSSR count).